The van der Waals surface area contributed by atoms with Crippen molar-refractivity contribution in [1.29, 1.82) is 0 Å². The number of aryl methyl sites for hydroxylation is 1. The molecule has 0 bridgehead atoms. The van der Waals surface area contributed by atoms with Crippen molar-refractivity contribution in [2.75, 3.05) is 14.2 Å². The first-order chi connectivity index (χ1) is 15.0. The number of ether oxygens (including phenoxy) is 3. The zero-order valence-corrected chi connectivity index (χ0v) is 18.1. The molecule has 1 atom stereocenters. The van der Waals surface area contributed by atoms with Gasteiger partial charge in [-0.05, 0) is 42.7 Å². The molecule has 0 radical (unpaired) electrons. The van der Waals surface area contributed by atoms with Crippen LogP contribution in [0, 0.1) is 0 Å². The third kappa shape index (κ3) is 2.53. The van der Waals surface area contributed by atoms with Crippen molar-refractivity contribution < 1.29 is 19.0 Å². The zero-order valence-electron chi connectivity index (χ0n) is 18.1. The molecule has 3 aromatic rings. The Bertz CT molecular complexity index is 1300. The number of carbonyl (C=O) groups excluding carboxylic acids is 1. The number of hydrogen-bond donors (Lipinski definition) is 0. The number of nitrogens with zero attached hydrogens (tertiary/aromatic N) is 2. The van der Waals surface area contributed by atoms with Crippen molar-refractivity contribution in [1.82, 2.24) is 9.55 Å². The normalized spacial score (nSPS) is 19.0. The van der Waals surface area contributed by atoms with Crippen molar-refractivity contribution >= 4 is 16.9 Å². The molecule has 0 spiro atoms. The second-order valence-corrected chi connectivity index (χ2v) is 7.93. The maximum atomic E-state index is 13.5. The first-order valence-corrected chi connectivity index (χ1v) is 10.5. The van der Waals surface area contributed by atoms with Gasteiger partial charge in [0.1, 0.15) is 12.4 Å². The molecule has 0 aliphatic carbocycles. The Balaban J connectivity index is 1.82. The van der Waals surface area contributed by atoms with Gasteiger partial charge in [-0.3, -0.25) is 4.79 Å². The maximum absolute atomic E-state index is 13.5. The van der Waals surface area contributed by atoms with Gasteiger partial charge in [0.05, 0.1) is 36.1 Å². The van der Waals surface area contributed by atoms with Crippen LogP contribution in [0.25, 0.3) is 22.3 Å². The van der Waals surface area contributed by atoms with Gasteiger partial charge in [0.25, 0.3) is 5.56 Å². The summed E-state index contributed by atoms with van der Waals surface area (Å²) in [5, 5.41) is 1.03. The summed E-state index contributed by atoms with van der Waals surface area (Å²) in [5.74, 6) is 0.316. The third-order valence-electron chi connectivity index (χ3n) is 6.68. The minimum atomic E-state index is -1.27. The summed E-state index contributed by atoms with van der Waals surface area (Å²) >= 11 is 0. The lowest BCUT2D eigenvalue weighted by Crippen LogP contribution is -2.45. The lowest BCUT2D eigenvalue weighted by Gasteiger charge is -2.34. The average Bonchev–Trinajstić information content (AvgIpc) is 3.16. The van der Waals surface area contributed by atoms with E-state index in [1.165, 1.54) is 7.11 Å². The highest BCUT2D eigenvalue weighted by Gasteiger charge is 2.47. The molecule has 0 saturated carbocycles. The van der Waals surface area contributed by atoms with Crippen LogP contribution in [0.1, 0.15) is 42.5 Å². The highest BCUT2D eigenvalue weighted by atomic mass is 16.6. The highest BCUT2D eigenvalue weighted by molar-refractivity contribution is 5.90. The molecular formula is C24H24N2O5. The Hall–Kier alpha value is -3.19. The predicted octanol–water partition coefficient (Wildman–Crippen LogP) is 3.30. The zero-order chi connectivity index (χ0) is 21.9. The number of aromatic nitrogens is 2. The number of rotatable bonds is 4. The molecular weight excluding hydrogens is 396 g/mol. The van der Waals surface area contributed by atoms with Crippen LogP contribution in [0.2, 0.25) is 0 Å². The van der Waals surface area contributed by atoms with Gasteiger partial charge in [0, 0.05) is 23.6 Å². The Kier molecular flexibility index (Phi) is 4.41. The molecule has 0 N–H and O–H groups in total. The van der Waals surface area contributed by atoms with Crippen LogP contribution in [-0.4, -0.2) is 29.7 Å². The molecule has 2 aliphatic heterocycles. The number of pyridine rings is 2. The van der Waals surface area contributed by atoms with E-state index in [0.29, 0.717) is 24.1 Å². The molecule has 7 nitrogen and oxygen atoms in total. The van der Waals surface area contributed by atoms with Gasteiger partial charge in [-0.2, -0.15) is 0 Å². The minimum absolute atomic E-state index is 0.0397. The summed E-state index contributed by atoms with van der Waals surface area (Å²) in [4.78, 5) is 31.0. The summed E-state index contributed by atoms with van der Waals surface area (Å²) in [6.07, 6.45) is 1.17. The molecule has 0 unspecified atom stereocenters. The average molecular weight is 420 g/mol. The molecule has 31 heavy (non-hydrogen) atoms. The van der Waals surface area contributed by atoms with E-state index in [1.54, 1.807) is 11.7 Å². The van der Waals surface area contributed by atoms with Gasteiger partial charge in [-0.1, -0.05) is 13.8 Å². The van der Waals surface area contributed by atoms with Crippen LogP contribution in [0.15, 0.2) is 29.1 Å². The number of hydrogen-bond acceptors (Lipinski definition) is 6. The van der Waals surface area contributed by atoms with Crippen LogP contribution >= 0.6 is 0 Å². The van der Waals surface area contributed by atoms with Crippen molar-refractivity contribution in [3.63, 3.8) is 0 Å². The summed E-state index contributed by atoms with van der Waals surface area (Å²) in [7, 11) is 3.12. The van der Waals surface area contributed by atoms with Crippen LogP contribution in [-0.2, 0) is 39.4 Å². The number of esters is 1. The third-order valence-corrected chi connectivity index (χ3v) is 6.68. The largest absolute Gasteiger partial charge is 0.497 e. The standard InChI is InChI=1S/C24H24N2O5/c1-5-14-15-9-13(29-3)7-8-19(15)25-21-16(14)11-26-20(21)10-18-17(22(26)27)12-31-23(28)24(18,6-2)30-4/h7-10H,5-6,11-12H2,1-4H3/t24-/m1/s1. The van der Waals surface area contributed by atoms with Crippen LogP contribution < -0.4 is 10.3 Å². The fourth-order valence-electron chi connectivity index (χ4n) is 5.00. The van der Waals surface area contributed by atoms with E-state index in [2.05, 4.69) is 6.92 Å². The summed E-state index contributed by atoms with van der Waals surface area (Å²) in [5.41, 5.74) is 4.18. The Morgan fingerprint density at radius 2 is 1.97 bits per heavy atom. The molecule has 1 aromatic carbocycles. The quantitative estimate of drug-likeness (QED) is 0.472. The predicted molar refractivity (Wildman–Crippen MR) is 115 cm³/mol. The Morgan fingerprint density at radius 1 is 1.16 bits per heavy atom. The summed E-state index contributed by atoms with van der Waals surface area (Å²) in [6.45, 7) is 4.36. The molecule has 0 fully saturated rings. The van der Waals surface area contributed by atoms with Gasteiger partial charge in [0.15, 0.2) is 5.60 Å². The lowest BCUT2D eigenvalue weighted by molar-refractivity contribution is -0.176. The van der Waals surface area contributed by atoms with Gasteiger partial charge >= 0.3 is 5.97 Å². The number of fused-ring (bicyclic) bond motifs is 5. The minimum Gasteiger partial charge on any atom is -0.497 e. The Morgan fingerprint density at radius 3 is 2.65 bits per heavy atom. The molecule has 160 valence electrons. The number of methoxy groups -OCH3 is 2. The molecule has 5 rings (SSSR count). The first-order valence-electron chi connectivity index (χ1n) is 10.5. The van der Waals surface area contributed by atoms with Gasteiger partial charge in [-0.25, -0.2) is 9.78 Å². The van der Waals surface area contributed by atoms with Crippen LogP contribution in [0.4, 0.5) is 0 Å². The van der Waals surface area contributed by atoms with E-state index >= 15 is 0 Å². The fraction of sp³-hybridized carbons (Fsp3) is 0.375. The van der Waals surface area contributed by atoms with E-state index in [4.69, 9.17) is 19.2 Å². The fourth-order valence-corrected chi connectivity index (χ4v) is 5.00. The van der Waals surface area contributed by atoms with Crippen molar-refractivity contribution in [2.24, 2.45) is 0 Å². The molecule has 2 aromatic heterocycles. The molecule has 4 heterocycles. The maximum Gasteiger partial charge on any atom is 0.343 e. The second kappa shape index (κ2) is 6.92. The Labute approximate surface area is 179 Å². The van der Waals surface area contributed by atoms with Gasteiger partial charge in [-0.15, -0.1) is 0 Å². The summed E-state index contributed by atoms with van der Waals surface area (Å²) in [6, 6.07) is 7.73. The highest BCUT2D eigenvalue weighted by Crippen LogP contribution is 2.41. The SMILES string of the molecule is CCc1c2c(nc3ccc(OC)cc13)-c1cc3c(c(=O)n1C2)COC(=O)[C@]3(CC)OC. The van der Waals surface area contributed by atoms with E-state index in [-0.39, 0.29) is 12.2 Å². The number of carbonyl (C=O) groups is 1. The van der Waals surface area contributed by atoms with E-state index in [1.807, 2.05) is 31.2 Å². The summed E-state index contributed by atoms with van der Waals surface area (Å²) < 4.78 is 18.1. The van der Waals surface area contributed by atoms with Crippen molar-refractivity contribution in [3.8, 4) is 17.1 Å². The number of cyclic esters (lactones) is 1. The van der Waals surface area contributed by atoms with Crippen LogP contribution in [0.5, 0.6) is 5.75 Å². The van der Waals surface area contributed by atoms with E-state index in [9.17, 15) is 9.59 Å². The lowest BCUT2D eigenvalue weighted by atomic mass is 9.85. The van der Waals surface area contributed by atoms with Crippen molar-refractivity contribution in [3.05, 3.63) is 56.9 Å². The van der Waals surface area contributed by atoms with Gasteiger partial charge in [0.2, 0.25) is 0 Å². The van der Waals surface area contributed by atoms with Gasteiger partial charge < -0.3 is 18.8 Å². The monoisotopic (exact) mass is 420 g/mol. The molecule has 2 aliphatic rings. The van der Waals surface area contributed by atoms with Crippen LogP contribution in [0.3, 0.4) is 0 Å². The second-order valence-electron chi connectivity index (χ2n) is 7.93. The molecule has 0 saturated heterocycles. The molecule has 0 amide bonds. The van der Waals surface area contributed by atoms with E-state index in [0.717, 1.165) is 45.6 Å². The van der Waals surface area contributed by atoms with Crippen molar-refractivity contribution in [2.45, 2.75) is 45.4 Å². The topological polar surface area (TPSA) is 79.6 Å². The number of benzene rings is 1. The molecule has 7 heteroatoms. The van der Waals surface area contributed by atoms with E-state index < -0.39 is 11.6 Å². The smallest absolute Gasteiger partial charge is 0.343 e. The first kappa shape index (κ1) is 19.8.